The monoisotopic (exact) mass is 198 g/mol. The fourth-order valence-electron chi connectivity index (χ4n) is 2.02. The Bertz CT molecular complexity index is 198. The van der Waals surface area contributed by atoms with Crippen LogP contribution in [0.2, 0.25) is 0 Å². The molecule has 0 aromatic rings. The molecular formula is C12H22O2. The fourth-order valence-corrected chi connectivity index (χ4v) is 2.02. The minimum absolute atomic E-state index is 0.0590. The van der Waals surface area contributed by atoms with E-state index in [2.05, 4.69) is 20.4 Å². The summed E-state index contributed by atoms with van der Waals surface area (Å²) < 4.78 is 5.87. The molecule has 2 heteroatoms. The highest BCUT2D eigenvalue weighted by atomic mass is 16.5. The second-order valence-electron chi connectivity index (χ2n) is 4.45. The largest absolute Gasteiger partial charge is 0.393 e. The molecule has 4 unspecified atom stereocenters. The minimum atomic E-state index is -0.306. The lowest BCUT2D eigenvalue weighted by Gasteiger charge is -2.36. The molecule has 14 heavy (non-hydrogen) atoms. The van der Waals surface area contributed by atoms with Crippen LogP contribution in [0.5, 0.6) is 0 Å². The van der Waals surface area contributed by atoms with Gasteiger partial charge in [-0.1, -0.05) is 20.4 Å². The number of hydrogen-bond donors (Lipinski definition) is 1. The molecule has 0 aromatic heterocycles. The van der Waals surface area contributed by atoms with Gasteiger partial charge in [0.15, 0.2) is 0 Å². The summed E-state index contributed by atoms with van der Waals surface area (Å²) in [6, 6.07) is 0. The van der Waals surface area contributed by atoms with Gasteiger partial charge in [-0.25, -0.2) is 0 Å². The van der Waals surface area contributed by atoms with Crippen molar-refractivity contribution in [1.82, 2.24) is 0 Å². The Morgan fingerprint density at radius 2 is 2.29 bits per heavy atom. The summed E-state index contributed by atoms with van der Waals surface area (Å²) in [7, 11) is 0. The van der Waals surface area contributed by atoms with Crippen molar-refractivity contribution < 1.29 is 9.84 Å². The SMILES string of the molecule is C=C1C(C)CC(CC)OC1CC(C)O. The standard InChI is InChI=1S/C12H22O2/c1-5-11-6-8(2)10(4)12(14-11)7-9(3)13/h8-9,11-13H,4-7H2,1-3H3. The minimum Gasteiger partial charge on any atom is -0.393 e. The molecule has 1 aliphatic rings. The van der Waals surface area contributed by atoms with Gasteiger partial charge in [-0.3, -0.25) is 0 Å². The summed E-state index contributed by atoms with van der Waals surface area (Å²) in [5.41, 5.74) is 1.15. The van der Waals surface area contributed by atoms with Crippen LogP contribution in [0.15, 0.2) is 12.2 Å². The molecule has 1 rings (SSSR count). The van der Waals surface area contributed by atoms with Crippen molar-refractivity contribution in [2.24, 2.45) is 5.92 Å². The summed E-state index contributed by atoms with van der Waals surface area (Å²) in [4.78, 5) is 0. The summed E-state index contributed by atoms with van der Waals surface area (Å²) >= 11 is 0. The van der Waals surface area contributed by atoms with Gasteiger partial charge in [0.2, 0.25) is 0 Å². The van der Waals surface area contributed by atoms with Crippen LogP contribution in [0.3, 0.4) is 0 Å². The molecule has 2 nitrogen and oxygen atoms in total. The second kappa shape index (κ2) is 4.94. The number of ether oxygens (including phenoxy) is 1. The van der Waals surface area contributed by atoms with E-state index >= 15 is 0 Å². The van der Waals surface area contributed by atoms with Gasteiger partial charge < -0.3 is 9.84 Å². The van der Waals surface area contributed by atoms with Crippen molar-refractivity contribution in [3.8, 4) is 0 Å². The Kier molecular flexibility index (Phi) is 4.14. The van der Waals surface area contributed by atoms with E-state index in [-0.39, 0.29) is 12.2 Å². The summed E-state index contributed by atoms with van der Waals surface area (Å²) in [6.45, 7) is 10.2. The van der Waals surface area contributed by atoms with Crippen molar-refractivity contribution in [2.45, 2.75) is 58.3 Å². The number of hydrogen-bond acceptors (Lipinski definition) is 2. The highest BCUT2D eigenvalue weighted by Crippen LogP contribution is 2.32. The van der Waals surface area contributed by atoms with Gasteiger partial charge in [0.05, 0.1) is 18.3 Å². The molecule has 0 saturated carbocycles. The van der Waals surface area contributed by atoms with Crippen LogP contribution in [0.1, 0.15) is 40.0 Å². The number of aliphatic hydroxyl groups is 1. The van der Waals surface area contributed by atoms with Crippen molar-refractivity contribution in [1.29, 1.82) is 0 Å². The first-order valence-corrected chi connectivity index (χ1v) is 5.56. The van der Waals surface area contributed by atoms with E-state index in [1.54, 1.807) is 6.92 Å². The Labute approximate surface area is 87.0 Å². The van der Waals surface area contributed by atoms with Crippen LogP contribution in [0.25, 0.3) is 0 Å². The van der Waals surface area contributed by atoms with E-state index in [9.17, 15) is 5.11 Å². The predicted octanol–water partition coefficient (Wildman–Crippen LogP) is 2.52. The molecule has 4 atom stereocenters. The summed E-state index contributed by atoms with van der Waals surface area (Å²) in [6.07, 6.45) is 2.90. The van der Waals surface area contributed by atoms with Gasteiger partial charge in [0.25, 0.3) is 0 Å². The molecule has 0 radical (unpaired) electrons. The maximum Gasteiger partial charge on any atom is 0.0813 e. The van der Waals surface area contributed by atoms with E-state index in [4.69, 9.17) is 4.74 Å². The van der Waals surface area contributed by atoms with Crippen LogP contribution in [-0.4, -0.2) is 23.4 Å². The average molecular weight is 198 g/mol. The van der Waals surface area contributed by atoms with Crippen LogP contribution in [0.4, 0.5) is 0 Å². The Balaban J connectivity index is 2.58. The Morgan fingerprint density at radius 3 is 2.79 bits per heavy atom. The highest BCUT2D eigenvalue weighted by Gasteiger charge is 2.29. The van der Waals surface area contributed by atoms with Crippen LogP contribution < -0.4 is 0 Å². The molecule has 0 amide bonds. The van der Waals surface area contributed by atoms with Crippen molar-refractivity contribution >= 4 is 0 Å². The number of rotatable bonds is 3. The summed E-state index contributed by atoms with van der Waals surface area (Å²) in [5, 5.41) is 9.35. The van der Waals surface area contributed by atoms with Crippen molar-refractivity contribution in [3.05, 3.63) is 12.2 Å². The first kappa shape index (κ1) is 11.7. The fraction of sp³-hybridized carbons (Fsp3) is 0.833. The normalized spacial score (nSPS) is 35.7. The van der Waals surface area contributed by atoms with E-state index in [0.717, 1.165) is 18.4 Å². The van der Waals surface area contributed by atoms with E-state index < -0.39 is 0 Å². The molecule has 0 spiro atoms. The molecule has 0 bridgehead atoms. The van der Waals surface area contributed by atoms with E-state index in [1.165, 1.54) is 0 Å². The van der Waals surface area contributed by atoms with E-state index in [0.29, 0.717) is 18.4 Å². The van der Waals surface area contributed by atoms with Gasteiger partial charge in [0.1, 0.15) is 0 Å². The molecule has 1 aliphatic heterocycles. The molecular weight excluding hydrogens is 176 g/mol. The van der Waals surface area contributed by atoms with Gasteiger partial charge in [0, 0.05) is 6.42 Å². The van der Waals surface area contributed by atoms with Crippen molar-refractivity contribution in [2.75, 3.05) is 0 Å². The molecule has 0 aliphatic carbocycles. The predicted molar refractivity (Wildman–Crippen MR) is 58.2 cm³/mol. The molecule has 1 fully saturated rings. The van der Waals surface area contributed by atoms with Crippen LogP contribution >= 0.6 is 0 Å². The topological polar surface area (TPSA) is 29.5 Å². The maximum atomic E-state index is 9.35. The zero-order valence-electron chi connectivity index (χ0n) is 9.49. The molecule has 82 valence electrons. The third kappa shape index (κ3) is 2.82. The van der Waals surface area contributed by atoms with Gasteiger partial charge in [-0.2, -0.15) is 0 Å². The van der Waals surface area contributed by atoms with Gasteiger partial charge in [-0.15, -0.1) is 0 Å². The molecule has 1 heterocycles. The average Bonchev–Trinajstić information content (AvgIpc) is 2.11. The lowest BCUT2D eigenvalue weighted by Crippen LogP contribution is -2.35. The van der Waals surface area contributed by atoms with Gasteiger partial charge in [-0.05, 0) is 31.3 Å². The Morgan fingerprint density at radius 1 is 1.64 bits per heavy atom. The first-order valence-electron chi connectivity index (χ1n) is 5.56. The molecule has 1 saturated heterocycles. The van der Waals surface area contributed by atoms with Crippen LogP contribution in [-0.2, 0) is 4.74 Å². The van der Waals surface area contributed by atoms with Crippen molar-refractivity contribution in [3.63, 3.8) is 0 Å². The maximum absolute atomic E-state index is 9.35. The lowest BCUT2D eigenvalue weighted by atomic mass is 9.86. The molecule has 1 N–H and O–H groups in total. The second-order valence-corrected chi connectivity index (χ2v) is 4.45. The quantitative estimate of drug-likeness (QED) is 0.706. The zero-order chi connectivity index (χ0) is 10.7. The van der Waals surface area contributed by atoms with Crippen LogP contribution in [0, 0.1) is 5.92 Å². The highest BCUT2D eigenvalue weighted by molar-refractivity contribution is 5.10. The third-order valence-electron chi connectivity index (χ3n) is 3.03. The van der Waals surface area contributed by atoms with E-state index in [1.807, 2.05) is 0 Å². The third-order valence-corrected chi connectivity index (χ3v) is 3.03. The first-order chi connectivity index (χ1) is 6.54. The smallest absolute Gasteiger partial charge is 0.0813 e. The Hall–Kier alpha value is -0.340. The summed E-state index contributed by atoms with van der Waals surface area (Å²) in [5.74, 6) is 0.525. The lowest BCUT2D eigenvalue weighted by molar-refractivity contribution is -0.0506. The number of aliphatic hydroxyl groups excluding tert-OH is 1. The van der Waals surface area contributed by atoms with Gasteiger partial charge >= 0.3 is 0 Å². The molecule has 0 aromatic carbocycles. The zero-order valence-corrected chi connectivity index (χ0v) is 9.49.